The molecule has 0 spiro atoms. The number of carbonyl (C=O) groups excluding carboxylic acids is 1. The van der Waals surface area contributed by atoms with Crippen molar-refractivity contribution in [1.82, 2.24) is 0 Å². The fourth-order valence-electron chi connectivity index (χ4n) is 1.89. The second-order valence-corrected chi connectivity index (χ2v) is 6.21. The van der Waals surface area contributed by atoms with E-state index in [1.54, 1.807) is 44.6 Å². The number of carbonyl (C=O) groups is 1. The van der Waals surface area contributed by atoms with Crippen molar-refractivity contribution in [3.05, 3.63) is 56.6 Å². The van der Waals surface area contributed by atoms with Crippen molar-refractivity contribution in [2.24, 2.45) is 0 Å². The number of hydrogen-bond donors (Lipinski definition) is 1. The van der Waals surface area contributed by atoms with Crippen LogP contribution in [0.4, 0.5) is 5.69 Å². The molecule has 2 rings (SSSR count). The summed E-state index contributed by atoms with van der Waals surface area (Å²) in [6.45, 7) is 0. The number of halogens is 2. The molecule has 0 unspecified atom stereocenters. The van der Waals surface area contributed by atoms with Crippen LogP contribution in [0, 0.1) is 3.57 Å². The van der Waals surface area contributed by atoms with Gasteiger partial charge in [-0.15, -0.1) is 0 Å². The lowest BCUT2D eigenvalue weighted by molar-refractivity contribution is -0.111. The lowest BCUT2D eigenvalue weighted by Gasteiger charge is -2.08. The van der Waals surface area contributed by atoms with Crippen molar-refractivity contribution in [3.8, 4) is 11.5 Å². The number of ether oxygens (including phenoxy) is 2. The van der Waals surface area contributed by atoms with E-state index in [1.807, 2.05) is 12.1 Å². The molecule has 0 saturated carbocycles. The Labute approximate surface area is 153 Å². The average Bonchev–Trinajstić information content (AvgIpc) is 2.55. The molecular formula is C17H15ClINO3. The van der Waals surface area contributed by atoms with E-state index in [-0.39, 0.29) is 5.91 Å². The van der Waals surface area contributed by atoms with Crippen LogP contribution < -0.4 is 14.8 Å². The maximum atomic E-state index is 12.0. The fourth-order valence-corrected chi connectivity index (χ4v) is 2.80. The van der Waals surface area contributed by atoms with Gasteiger partial charge in [0.1, 0.15) is 0 Å². The van der Waals surface area contributed by atoms with Crippen molar-refractivity contribution in [2.75, 3.05) is 19.5 Å². The van der Waals surface area contributed by atoms with Crippen molar-refractivity contribution in [2.45, 2.75) is 0 Å². The molecule has 4 nitrogen and oxygen atoms in total. The van der Waals surface area contributed by atoms with Crippen LogP contribution in [0.5, 0.6) is 11.5 Å². The third-order valence-electron chi connectivity index (χ3n) is 3.02. The smallest absolute Gasteiger partial charge is 0.248 e. The maximum absolute atomic E-state index is 12.0. The van der Waals surface area contributed by atoms with Crippen molar-refractivity contribution in [3.63, 3.8) is 0 Å². The van der Waals surface area contributed by atoms with Gasteiger partial charge >= 0.3 is 0 Å². The van der Waals surface area contributed by atoms with Gasteiger partial charge in [0.05, 0.1) is 24.9 Å². The highest BCUT2D eigenvalue weighted by Gasteiger charge is 2.05. The summed E-state index contributed by atoms with van der Waals surface area (Å²) in [7, 11) is 3.14. The molecule has 0 aliphatic carbocycles. The fraction of sp³-hybridized carbons (Fsp3) is 0.118. The van der Waals surface area contributed by atoms with E-state index < -0.39 is 0 Å². The van der Waals surface area contributed by atoms with E-state index in [9.17, 15) is 4.79 Å². The first-order chi connectivity index (χ1) is 11.0. The van der Waals surface area contributed by atoms with Crippen LogP contribution in [0.15, 0.2) is 42.5 Å². The first kappa shape index (κ1) is 17.6. The second kappa shape index (κ2) is 8.21. The van der Waals surface area contributed by atoms with Crippen LogP contribution >= 0.6 is 34.2 Å². The predicted octanol–water partition coefficient (Wildman–Crippen LogP) is 4.61. The third-order valence-corrected chi connectivity index (χ3v) is 4.01. The largest absolute Gasteiger partial charge is 0.493 e. The molecule has 0 fully saturated rings. The molecule has 0 bridgehead atoms. The molecule has 0 saturated heterocycles. The highest BCUT2D eigenvalue weighted by molar-refractivity contribution is 14.1. The molecular weight excluding hydrogens is 429 g/mol. The summed E-state index contributed by atoms with van der Waals surface area (Å²) >= 11 is 8.25. The quantitative estimate of drug-likeness (QED) is 0.542. The maximum Gasteiger partial charge on any atom is 0.248 e. The standard InChI is InChI=1S/C17H15ClINO3/c1-22-15-7-3-11(9-16(15)23-2)4-8-17(21)20-14-6-5-12(19)10-13(14)18/h3-10H,1-2H3,(H,20,21)/b8-4+. The molecule has 2 aromatic rings. The van der Waals surface area contributed by atoms with E-state index in [0.29, 0.717) is 22.2 Å². The molecule has 0 heterocycles. The zero-order valence-corrected chi connectivity index (χ0v) is 15.5. The Hall–Kier alpha value is -1.73. The molecule has 0 radical (unpaired) electrons. The Kier molecular flexibility index (Phi) is 6.29. The third kappa shape index (κ3) is 4.87. The number of rotatable bonds is 5. The van der Waals surface area contributed by atoms with Crippen molar-refractivity contribution in [1.29, 1.82) is 0 Å². The van der Waals surface area contributed by atoms with Gasteiger partial charge in [0.15, 0.2) is 11.5 Å². The zero-order valence-electron chi connectivity index (χ0n) is 12.6. The number of benzene rings is 2. The summed E-state index contributed by atoms with van der Waals surface area (Å²) < 4.78 is 11.4. The highest BCUT2D eigenvalue weighted by Crippen LogP contribution is 2.28. The van der Waals surface area contributed by atoms with Crippen molar-refractivity contribution >= 4 is 51.9 Å². The molecule has 0 aromatic heterocycles. The number of amides is 1. The first-order valence-corrected chi connectivity index (χ1v) is 8.15. The zero-order chi connectivity index (χ0) is 16.8. The summed E-state index contributed by atoms with van der Waals surface area (Å²) in [5.74, 6) is 0.985. The van der Waals surface area contributed by atoms with Gasteiger partial charge in [0.2, 0.25) is 5.91 Å². The Balaban J connectivity index is 2.09. The molecule has 1 amide bonds. The van der Waals surface area contributed by atoms with Gasteiger partial charge in [-0.2, -0.15) is 0 Å². The molecule has 120 valence electrons. The molecule has 1 N–H and O–H groups in total. The van der Waals surface area contributed by atoms with Gasteiger partial charge in [-0.1, -0.05) is 17.7 Å². The Morgan fingerprint density at radius 1 is 1.13 bits per heavy atom. The summed E-state index contributed by atoms with van der Waals surface area (Å²) in [5.41, 5.74) is 1.40. The minimum absolute atomic E-state index is 0.261. The number of methoxy groups -OCH3 is 2. The number of hydrogen-bond acceptors (Lipinski definition) is 3. The first-order valence-electron chi connectivity index (χ1n) is 6.69. The van der Waals surface area contributed by atoms with Crippen LogP contribution in [0.25, 0.3) is 6.08 Å². The monoisotopic (exact) mass is 443 g/mol. The summed E-state index contributed by atoms with van der Waals surface area (Å²) in [4.78, 5) is 12.0. The van der Waals surface area contributed by atoms with Gasteiger partial charge in [-0.05, 0) is 64.6 Å². The summed E-state index contributed by atoms with van der Waals surface area (Å²) in [6.07, 6.45) is 3.13. The van der Waals surface area contributed by atoms with Crippen LogP contribution in [-0.4, -0.2) is 20.1 Å². The normalized spacial score (nSPS) is 10.6. The molecule has 23 heavy (non-hydrogen) atoms. The van der Waals surface area contributed by atoms with Crippen LogP contribution in [0.1, 0.15) is 5.56 Å². The number of nitrogens with one attached hydrogen (secondary N) is 1. The van der Waals surface area contributed by atoms with E-state index in [0.717, 1.165) is 9.13 Å². The van der Waals surface area contributed by atoms with Crippen LogP contribution in [0.3, 0.4) is 0 Å². The lowest BCUT2D eigenvalue weighted by atomic mass is 10.2. The van der Waals surface area contributed by atoms with Gasteiger partial charge in [0, 0.05) is 9.65 Å². The SMILES string of the molecule is COc1ccc(/C=C/C(=O)Nc2ccc(I)cc2Cl)cc1OC. The van der Waals surface area contributed by atoms with Crippen LogP contribution in [0.2, 0.25) is 5.02 Å². The Morgan fingerprint density at radius 3 is 2.52 bits per heavy atom. The van der Waals surface area contributed by atoms with E-state index in [4.69, 9.17) is 21.1 Å². The van der Waals surface area contributed by atoms with E-state index in [2.05, 4.69) is 27.9 Å². The van der Waals surface area contributed by atoms with Gasteiger partial charge in [-0.3, -0.25) is 4.79 Å². The predicted molar refractivity (Wildman–Crippen MR) is 101 cm³/mol. The molecule has 2 aromatic carbocycles. The molecule has 0 aliphatic heterocycles. The average molecular weight is 444 g/mol. The number of anilines is 1. The van der Waals surface area contributed by atoms with Gasteiger partial charge in [-0.25, -0.2) is 0 Å². The minimum Gasteiger partial charge on any atom is -0.493 e. The van der Waals surface area contributed by atoms with Crippen molar-refractivity contribution < 1.29 is 14.3 Å². The van der Waals surface area contributed by atoms with E-state index in [1.165, 1.54) is 6.08 Å². The summed E-state index contributed by atoms with van der Waals surface area (Å²) in [6, 6.07) is 10.8. The van der Waals surface area contributed by atoms with Gasteiger partial charge < -0.3 is 14.8 Å². The summed E-state index contributed by atoms with van der Waals surface area (Å²) in [5, 5.41) is 3.25. The topological polar surface area (TPSA) is 47.6 Å². The minimum atomic E-state index is -0.261. The van der Waals surface area contributed by atoms with Gasteiger partial charge in [0.25, 0.3) is 0 Å². The molecule has 0 atom stereocenters. The Bertz CT molecular complexity index is 747. The lowest BCUT2D eigenvalue weighted by Crippen LogP contribution is -2.08. The highest BCUT2D eigenvalue weighted by atomic mass is 127. The van der Waals surface area contributed by atoms with E-state index >= 15 is 0 Å². The molecule has 6 heteroatoms. The van der Waals surface area contributed by atoms with Crippen LogP contribution in [-0.2, 0) is 4.79 Å². The molecule has 0 aliphatic rings. The second-order valence-electron chi connectivity index (χ2n) is 4.56. The Morgan fingerprint density at radius 2 is 1.87 bits per heavy atom.